The minimum Gasteiger partial charge on any atom is -0.497 e. The molecular weight excluding hydrogens is 423 g/mol. The Bertz CT molecular complexity index is 1230. The van der Waals surface area contributed by atoms with E-state index in [1.54, 1.807) is 37.1 Å². The second-order valence-electron chi connectivity index (χ2n) is 6.39. The number of methoxy groups -OCH3 is 2. The zero-order valence-corrected chi connectivity index (χ0v) is 17.6. The molecule has 1 N–H and O–H groups in total. The number of amides is 1. The quantitative estimate of drug-likeness (QED) is 0.489. The maximum Gasteiger partial charge on any atom is 0.257 e. The number of nitrogens with one attached hydrogen (secondary N) is 1. The van der Waals surface area contributed by atoms with Crippen LogP contribution in [0.1, 0.15) is 16.1 Å². The van der Waals surface area contributed by atoms with Crippen LogP contribution in [0, 0.1) is 12.7 Å². The number of benzene rings is 2. The highest BCUT2D eigenvalue weighted by Crippen LogP contribution is 2.28. The van der Waals surface area contributed by atoms with E-state index in [4.69, 9.17) is 9.47 Å². The standard InChI is InChI=1S/C20H17FN6O3S/c1-11-17(24-26-27(11)14-8-15(29-2)10-16(9-14)30-3)18-22-20(31-25-18)23-19(28)12-5-4-6-13(21)7-12/h4-10H,1-3H3,(H,22,23,25,28). The molecule has 0 atom stereocenters. The molecule has 0 spiro atoms. The summed E-state index contributed by atoms with van der Waals surface area (Å²) in [5, 5.41) is 11.3. The van der Waals surface area contributed by atoms with E-state index in [2.05, 4.69) is 25.0 Å². The fourth-order valence-corrected chi connectivity index (χ4v) is 3.43. The Morgan fingerprint density at radius 3 is 2.55 bits per heavy atom. The zero-order chi connectivity index (χ0) is 22.0. The van der Waals surface area contributed by atoms with Gasteiger partial charge in [-0.05, 0) is 25.1 Å². The molecule has 0 radical (unpaired) electrons. The SMILES string of the molecule is COc1cc(OC)cc(-n2nnc(-c3nsc(NC(=O)c4cccc(F)c4)n3)c2C)c1. The lowest BCUT2D eigenvalue weighted by molar-refractivity contribution is 0.102. The van der Waals surface area contributed by atoms with E-state index in [0.717, 1.165) is 17.6 Å². The van der Waals surface area contributed by atoms with Crippen LogP contribution in [-0.4, -0.2) is 44.5 Å². The first-order valence-corrected chi connectivity index (χ1v) is 9.82. The molecule has 9 nitrogen and oxygen atoms in total. The van der Waals surface area contributed by atoms with Gasteiger partial charge in [-0.1, -0.05) is 11.3 Å². The van der Waals surface area contributed by atoms with Gasteiger partial charge in [0.05, 0.1) is 25.6 Å². The molecule has 2 aromatic heterocycles. The number of carbonyl (C=O) groups is 1. The van der Waals surface area contributed by atoms with E-state index in [1.807, 2.05) is 6.92 Å². The van der Waals surface area contributed by atoms with E-state index < -0.39 is 11.7 Å². The summed E-state index contributed by atoms with van der Waals surface area (Å²) >= 11 is 0.994. The number of hydrogen-bond acceptors (Lipinski definition) is 8. The topological polar surface area (TPSA) is 104 Å². The van der Waals surface area contributed by atoms with Gasteiger partial charge < -0.3 is 9.47 Å². The molecule has 1 amide bonds. The second-order valence-corrected chi connectivity index (χ2v) is 7.15. The summed E-state index contributed by atoms with van der Waals surface area (Å²) < 4.78 is 29.8. The van der Waals surface area contributed by atoms with Crippen LogP contribution in [0.3, 0.4) is 0 Å². The van der Waals surface area contributed by atoms with Crippen molar-refractivity contribution in [3.63, 3.8) is 0 Å². The molecule has 0 fully saturated rings. The Morgan fingerprint density at radius 2 is 1.87 bits per heavy atom. The van der Waals surface area contributed by atoms with Crippen LogP contribution < -0.4 is 14.8 Å². The number of rotatable bonds is 6. The molecule has 0 saturated heterocycles. The molecule has 11 heteroatoms. The minimum atomic E-state index is -0.494. The van der Waals surface area contributed by atoms with Crippen molar-refractivity contribution in [1.82, 2.24) is 24.4 Å². The van der Waals surface area contributed by atoms with Crippen LogP contribution in [0.5, 0.6) is 11.5 Å². The van der Waals surface area contributed by atoms with Crippen LogP contribution in [0.2, 0.25) is 0 Å². The van der Waals surface area contributed by atoms with Crippen LogP contribution in [0.15, 0.2) is 42.5 Å². The number of carbonyl (C=O) groups excluding carboxylic acids is 1. The fourth-order valence-electron chi connectivity index (χ4n) is 2.87. The number of anilines is 1. The summed E-state index contributed by atoms with van der Waals surface area (Å²) in [6, 6.07) is 10.7. The summed E-state index contributed by atoms with van der Waals surface area (Å²) in [6.07, 6.45) is 0. The summed E-state index contributed by atoms with van der Waals surface area (Å²) in [4.78, 5) is 16.6. The molecule has 4 aromatic rings. The van der Waals surface area contributed by atoms with Crippen molar-refractivity contribution in [3.05, 3.63) is 59.5 Å². The molecule has 31 heavy (non-hydrogen) atoms. The third kappa shape index (κ3) is 4.21. The first kappa shape index (κ1) is 20.4. The van der Waals surface area contributed by atoms with Gasteiger partial charge in [0.25, 0.3) is 5.91 Å². The summed E-state index contributed by atoms with van der Waals surface area (Å²) in [5.74, 6) is 0.566. The first-order chi connectivity index (χ1) is 15.0. The highest BCUT2D eigenvalue weighted by atomic mass is 32.1. The van der Waals surface area contributed by atoms with Gasteiger partial charge in [-0.15, -0.1) is 5.10 Å². The van der Waals surface area contributed by atoms with Crippen molar-refractivity contribution in [1.29, 1.82) is 0 Å². The molecule has 0 aliphatic heterocycles. The smallest absolute Gasteiger partial charge is 0.257 e. The highest BCUT2D eigenvalue weighted by molar-refractivity contribution is 7.10. The summed E-state index contributed by atoms with van der Waals surface area (Å²) in [7, 11) is 3.13. The maximum absolute atomic E-state index is 13.3. The number of aromatic nitrogens is 5. The first-order valence-electron chi connectivity index (χ1n) is 9.05. The number of hydrogen-bond donors (Lipinski definition) is 1. The number of halogens is 1. The number of ether oxygens (including phenoxy) is 2. The number of nitrogens with zero attached hydrogens (tertiary/aromatic N) is 5. The van der Waals surface area contributed by atoms with Crippen LogP contribution in [0.4, 0.5) is 9.52 Å². The third-order valence-corrected chi connectivity index (χ3v) is 5.05. The minimum absolute atomic E-state index is 0.186. The molecular formula is C20H17FN6O3S. The molecule has 2 heterocycles. The van der Waals surface area contributed by atoms with Crippen LogP contribution in [-0.2, 0) is 0 Å². The van der Waals surface area contributed by atoms with E-state index in [9.17, 15) is 9.18 Å². The molecule has 0 aliphatic rings. The second kappa shape index (κ2) is 8.48. The van der Waals surface area contributed by atoms with E-state index in [-0.39, 0.29) is 10.7 Å². The molecule has 0 aliphatic carbocycles. The molecule has 0 saturated carbocycles. The maximum atomic E-state index is 13.3. The van der Waals surface area contributed by atoms with Gasteiger partial charge in [0.1, 0.15) is 17.3 Å². The monoisotopic (exact) mass is 440 g/mol. The lowest BCUT2D eigenvalue weighted by atomic mass is 10.2. The highest BCUT2D eigenvalue weighted by Gasteiger charge is 2.19. The molecule has 158 valence electrons. The van der Waals surface area contributed by atoms with Gasteiger partial charge in [-0.3, -0.25) is 10.1 Å². The van der Waals surface area contributed by atoms with Crippen LogP contribution in [0.25, 0.3) is 17.2 Å². The largest absolute Gasteiger partial charge is 0.497 e. The lowest BCUT2D eigenvalue weighted by Crippen LogP contribution is -2.11. The molecule has 0 unspecified atom stereocenters. The Kier molecular flexibility index (Phi) is 5.58. The average Bonchev–Trinajstić information content (AvgIpc) is 3.39. The van der Waals surface area contributed by atoms with Crippen molar-refractivity contribution >= 4 is 22.6 Å². The van der Waals surface area contributed by atoms with Crippen molar-refractivity contribution in [2.45, 2.75) is 6.92 Å². The Labute approximate surface area is 180 Å². The Morgan fingerprint density at radius 1 is 1.13 bits per heavy atom. The van der Waals surface area contributed by atoms with Gasteiger partial charge in [0, 0.05) is 35.3 Å². The molecule has 4 rings (SSSR count). The Balaban J connectivity index is 1.59. The lowest BCUT2D eigenvalue weighted by Gasteiger charge is -2.09. The third-order valence-electron chi connectivity index (χ3n) is 4.42. The van der Waals surface area contributed by atoms with Crippen molar-refractivity contribution < 1.29 is 18.7 Å². The van der Waals surface area contributed by atoms with E-state index >= 15 is 0 Å². The normalized spacial score (nSPS) is 10.7. The van der Waals surface area contributed by atoms with Gasteiger partial charge in [0.15, 0.2) is 11.5 Å². The predicted molar refractivity (Wildman–Crippen MR) is 112 cm³/mol. The summed E-state index contributed by atoms with van der Waals surface area (Å²) in [5.41, 5.74) is 2.04. The van der Waals surface area contributed by atoms with Gasteiger partial charge >= 0.3 is 0 Å². The average molecular weight is 440 g/mol. The predicted octanol–water partition coefficient (Wildman–Crippen LogP) is 3.50. The van der Waals surface area contributed by atoms with Gasteiger partial charge in [-0.25, -0.2) is 9.07 Å². The molecule has 0 bridgehead atoms. The molecule has 2 aromatic carbocycles. The van der Waals surface area contributed by atoms with E-state index in [0.29, 0.717) is 34.4 Å². The summed E-state index contributed by atoms with van der Waals surface area (Å²) in [6.45, 7) is 1.83. The van der Waals surface area contributed by atoms with Crippen LogP contribution >= 0.6 is 11.5 Å². The van der Waals surface area contributed by atoms with Gasteiger partial charge in [-0.2, -0.15) is 9.36 Å². The Hall–Kier alpha value is -3.86. The van der Waals surface area contributed by atoms with E-state index in [1.165, 1.54) is 18.2 Å². The fraction of sp³-hybridized carbons (Fsp3) is 0.150. The van der Waals surface area contributed by atoms with Crippen molar-refractivity contribution in [2.75, 3.05) is 19.5 Å². The zero-order valence-electron chi connectivity index (χ0n) is 16.8. The van der Waals surface area contributed by atoms with Crippen molar-refractivity contribution in [2.24, 2.45) is 0 Å². The van der Waals surface area contributed by atoms with Gasteiger partial charge in [0.2, 0.25) is 5.13 Å². The van der Waals surface area contributed by atoms with Crippen molar-refractivity contribution in [3.8, 4) is 28.7 Å².